The molecule has 22 heavy (non-hydrogen) atoms. The van der Waals surface area contributed by atoms with Gasteiger partial charge in [0, 0.05) is 23.1 Å². The van der Waals surface area contributed by atoms with Gasteiger partial charge in [0.1, 0.15) is 6.23 Å². The molecule has 3 nitrogen and oxygen atoms in total. The van der Waals surface area contributed by atoms with Crippen molar-refractivity contribution in [3.8, 4) is 0 Å². The fourth-order valence-corrected chi connectivity index (χ4v) is 3.83. The zero-order valence-corrected chi connectivity index (χ0v) is 13.8. The molecule has 1 aliphatic rings. The van der Waals surface area contributed by atoms with E-state index in [0.29, 0.717) is 17.8 Å². The van der Waals surface area contributed by atoms with Crippen LogP contribution in [0.4, 0.5) is 0 Å². The normalized spacial score (nSPS) is 32.3. The smallest absolute Gasteiger partial charge is 0.152 e. The molecule has 1 aromatic heterocycles. The number of ether oxygens (including phenoxy) is 1. The standard InChI is InChI=1S/C19H25NO2/c1-5-18-13(3)12(2)14(4)19(22-18)20-10-15(11-21)16-8-6-7-9-17(16)20/h6-14,18-19H,5H2,1-4H3/t12-,13-,14+,18+,19?/m0/s1. The average molecular weight is 299 g/mol. The van der Waals surface area contributed by atoms with Crippen LogP contribution in [0.2, 0.25) is 0 Å². The molecule has 0 radical (unpaired) electrons. The van der Waals surface area contributed by atoms with Crippen LogP contribution in [-0.2, 0) is 4.74 Å². The first-order valence-corrected chi connectivity index (χ1v) is 8.28. The van der Waals surface area contributed by atoms with Crippen LogP contribution in [-0.4, -0.2) is 17.0 Å². The number of para-hydroxylation sites is 1. The van der Waals surface area contributed by atoms with Crippen molar-refractivity contribution in [1.82, 2.24) is 4.57 Å². The lowest BCUT2D eigenvalue weighted by atomic mass is 9.77. The van der Waals surface area contributed by atoms with Gasteiger partial charge in [-0.15, -0.1) is 0 Å². The summed E-state index contributed by atoms with van der Waals surface area (Å²) in [7, 11) is 0. The lowest BCUT2D eigenvalue weighted by molar-refractivity contribution is -0.166. The van der Waals surface area contributed by atoms with E-state index in [2.05, 4.69) is 38.3 Å². The van der Waals surface area contributed by atoms with E-state index in [1.807, 2.05) is 24.4 Å². The summed E-state index contributed by atoms with van der Waals surface area (Å²) in [6, 6.07) is 8.07. The first-order chi connectivity index (χ1) is 10.6. The van der Waals surface area contributed by atoms with Crippen LogP contribution in [0, 0.1) is 17.8 Å². The van der Waals surface area contributed by atoms with E-state index in [1.165, 1.54) is 0 Å². The quantitative estimate of drug-likeness (QED) is 0.771. The van der Waals surface area contributed by atoms with Gasteiger partial charge in [0.05, 0.1) is 11.6 Å². The van der Waals surface area contributed by atoms with Crippen LogP contribution in [0.1, 0.15) is 50.7 Å². The van der Waals surface area contributed by atoms with Gasteiger partial charge in [-0.3, -0.25) is 4.79 Å². The van der Waals surface area contributed by atoms with E-state index < -0.39 is 0 Å². The van der Waals surface area contributed by atoms with Gasteiger partial charge >= 0.3 is 0 Å². The number of carbonyl (C=O) groups is 1. The molecule has 1 aromatic carbocycles. The molecule has 1 unspecified atom stereocenters. The third-order valence-corrected chi connectivity index (χ3v) is 5.58. The Morgan fingerprint density at radius 2 is 1.86 bits per heavy atom. The largest absolute Gasteiger partial charge is 0.354 e. The Hall–Kier alpha value is -1.61. The zero-order chi connectivity index (χ0) is 15.9. The number of hydrogen-bond donors (Lipinski definition) is 0. The van der Waals surface area contributed by atoms with Crippen molar-refractivity contribution < 1.29 is 9.53 Å². The second-order valence-corrected chi connectivity index (χ2v) is 6.68. The molecule has 1 saturated heterocycles. The fourth-order valence-electron chi connectivity index (χ4n) is 3.83. The van der Waals surface area contributed by atoms with E-state index in [0.717, 1.165) is 29.2 Å². The summed E-state index contributed by atoms with van der Waals surface area (Å²) in [6.07, 6.45) is 4.19. The minimum atomic E-state index is -0.00486. The van der Waals surface area contributed by atoms with Gasteiger partial charge in [-0.05, 0) is 24.3 Å². The van der Waals surface area contributed by atoms with Crippen molar-refractivity contribution in [3.05, 3.63) is 36.0 Å². The van der Waals surface area contributed by atoms with Crippen LogP contribution in [0.15, 0.2) is 30.5 Å². The Balaban J connectivity index is 2.08. The number of benzene rings is 1. The summed E-state index contributed by atoms with van der Waals surface area (Å²) in [5.74, 6) is 1.56. The van der Waals surface area contributed by atoms with E-state index in [4.69, 9.17) is 4.74 Å². The van der Waals surface area contributed by atoms with Crippen LogP contribution >= 0.6 is 0 Å². The molecule has 3 rings (SSSR count). The molecule has 0 N–H and O–H groups in total. The van der Waals surface area contributed by atoms with Gasteiger partial charge in [-0.25, -0.2) is 0 Å². The third kappa shape index (κ3) is 2.28. The minimum absolute atomic E-state index is 0.00486. The topological polar surface area (TPSA) is 31.2 Å². The number of aldehydes is 1. The first-order valence-electron chi connectivity index (χ1n) is 8.28. The highest BCUT2D eigenvalue weighted by atomic mass is 16.5. The molecule has 2 aromatic rings. The Kier molecular flexibility index (Phi) is 4.09. The first kappa shape index (κ1) is 15.3. The molecular weight excluding hydrogens is 274 g/mol. The van der Waals surface area contributed by atoms with Gasteiger partial charge in [0.2, 0.25) is 0 Å². The van der Waals surface area contributed by atoms with Crippen molar-refractivity contribution in [2.24, 2.45) is 17.8 Å². The summed E-state index contributed by atoms with van der Waals surface area (Å²) in [5, 5.41) is 1.01. The molecule has 1 fully saturated rings. The Morgan fingerprint density at radius 3 is 2.55 bits per heavy atom. The number of aromatic nitrogens is 1. The highest BCUT2D eigenvalue weighted by Gasteiger charge is 2.39. The molecule has 2 heterocycles. The molecule has 0 spiro atoms. The maximum atomic E-state index is 11.4. The number of nitrogens with zero attached hydrogens (tertiary/aromatic N) is 1. The molecule has 0 saturated carbocycles. The fraction of sp³-hybridized carbons (Fsp3) is 0.526. The van der Waals surface area contributed by atoms with Gasteiger partial charge in [0.15, 0.2) is 6.29 Å². The van der Waals surface area contributed by atoms with Gasteiger partial charge in [-0.1, -0.05) is 45.9 Å². The van der Waals surface area contributed by atoms with Gasteiger partial charge in [0.25, 0.3) is 0 Å². The van der Waals surface area contributed by atoms with E-state index in [9.17, 15) is 4.79 Å². The predicted molar refractivity (Wildman–Crippen MR) is 89.0 cm³/mol. The van der Waals surface area contributed by atoms with Crippen LogP contribution in [0.3, 0.4) is 0 Å². The molecule has 118 valence electrons. The summed E-state index contributed by atoms with van der Waals surface area (Å²) in [5.41, 5.74) is 1.82. The lowest BCUT2D eigenvalue weighted by Gasteiger charge is -2.44. The molecule has 0 aliphatic carbocycles. The average Bonchev–Trinajstić information content (AvgIpc) is 2.92. The summed E-state index contributed by atoms with van der Waals surface area (Å²) >= 11 is 0. The zero-order valence-electron chi connectivity index (χ0n) is 13.8. The molecule has 5 atom stereocenters. The summed E-state index contributed by atoms with van der Waals surface area (Å²) in [4.78, 5) is 11.4. The van der Waals surface area contributed by atoms with Crippen molar-refractivity contribution in [1.29, 1.82) is 0 Å². The third-order valence-electron chi connectivity index (χ3n) is 5.58. The SMILES string of the molecule is CC[C@H]1OC(n2cc(C=O)c3ccccc32)[C@H](C)[C@@H](C)[C@@H]1C. The van der Waals surface area contributed by atoms with Crippen molar-refractivity contribution in [3.63, 3.8) is 0 Å². The summed E-state index contributed by atoms with van der Waals surface area (Å²) in [6.45, 7) is 9.05. The molecule has 1 aliphatic heterocycles. The maximum Gasteiger partial charge on any atom is 0.152 e. The molecule has 0 amide bonds. The van der Waals surface area contributed by atoms with Crippen molar-refractivity contribution in [2.45, 2.75) is 46.4 Å². The Bertz CT molecular complexity index is 673. The predicted octanol–water partition coefficient (Wildman–Crippen LogP) is 4.67. The van der Waals surface area contributed by atoms with E-state index >= 15 is 0 Å². The van der Waals surface area contributed by atoms with Crippen LogP contribution < -0.4 is 0 Å². The second kappa shape index (κ2) is 5.88. The Labute approximate surface area is 132 Å². The van der Waals surface area contributed by atoms with Gasteiger partial charge in [-0.2, -0.15) is 0 Å². The molecular formula is C19H25NO2. The monoisotopic (exact) mass is 299 g/mol. The van der Waals surface area contributed by atoms with Crippen molar-refractivity contribution >= 4 is 17.2 Å². The lowest BCUT2D eigenvalue weighted by Crippen LogP contribution is -2.42. The highest BCUT2D eigenvalue weighted by Crippen LogP contribution is 2.42. The molecule has 0 bridgehead atoms. The number of carbonyl (C=O) groups excluding carboxylic acids is 1. The van der Waals surface area contributed by atoms with E-state index in [1.54, 1.807) is 0 Å². The van der Waals surface area contributed by atoms with Crippen LogP contribution in [0.5, 0.6) is 0 Å². The molecule has 3 heteroatoms. The van der Waals surface area contributed by atoms with Gasteiger partial charge < -0.3 is 9.30 Å². The van der Waals surface area contributed by atoms with E-state index in [-0.39, 0.29) is 12.3 Å². The summed E-state index contributed by atoms with van der Waals surface area (Å²) < 4.78 is 8.59. The number of rotatable bonds is 3. The van der Waals surface area contributed by atoms with Crippen molar-refractivity contribution in [2.75, 3.05) is 0 Å². The number of hydrogen-bond acceptors (Lipinski definition) is 2. The number of fused-ring (bicyclic) bond motifs is 1. The second-order valence-electron chi connectivity index (χ2n) is 6.68. The Morgan fingerprint density at radius 1 is 1.14 bits per heavy atom. The maximum absolute atomic E-state index is 11.4. The minimum Gasteiger partial charge on any atom is -0.354 e. The highest BCUT2D eigenvalue weighted by molar-refractivity contribution is 5.97. The van der Waals surface area contributed by atoms with Crippen LogP contribution in [0.25, 0.3) is 10.9 Å².